The first-order chi connectivity index (χ1) is 8.12. The Morgan fingerprint density at radius 3 is 2.88 bits per heavy atom. The molecule has 2 nitrogen and oxygen atoms in total. The van der Waals surface area contributed by atoms with E-state index in [9.17, 15) is 0 Å². The lowest BCUT2D eigenvalue weighted by molar-refractivity contribution is 0.444. The molecule has 0 spiro atoms. The van der Waals surface area contributed by atoms with Crippen molar-refractivity contribution in [2.75, 3.05) is 7.05 Å². The molecule has 2 aromatic rings. The molecule has 0 atom stereocenters. The number of hydrogen-bond donors (Lipinski definition) is 1. The first-order valence-corrected chi connectivity index (χ1v) is 6.43. The van der Waals surface area contributed by atoms with Crippen LogP contribution in [-0.2, 0) is 18.5 Å². The summed E-state index contributed by atoms with van der Waals surface area (Å²) in [4.78, 5) is 0. The number of nitrogens with zero attached hydrogens (tertiary/aromatic N) is 1. The van der Waals surface area contributed by atoms with Crippen LogP contribution in [0.5, 0.6) is 0 Å². The number of benzene rings is 1. The lowest BCUT2D eigenvalue weighted by Crippen LogP contribution is -2.33. The van der Waals surface area contributed by atoms with Gasteiger partial charge in [0.1, 0.15) is 0 Å². The summed E-state index contributed by atoms with van der Waals surface area (Å²) >= 11 is 0. The fourth-order valence-electron chi connectivity index (χ4n) is 2.76. The van der Waals surface area contributed by atoms with Gasteiger partial charge < -0.3 is 9.88 Å². The van der Waals surface area contributed by atoms with Crippen molar-refractivity contribution in [2.45, 2.75) is 38.8 Å². The highest BCUT2D eigenvalue weighted by Gasteiger charge is 2.21. The minimum Gasteiger partial charge on any atom is -0.347 e. The maximum absolute atomic E-state index is 3.39. The highest BCUT2D eigenvalue weighted by Crippen LogP contribution is 2.31. The Morgan fingerprint density at radius 1 is 1.29 bits per heavy atom. The van der Waals surface area contributed by atoms with E-state index in [0.717, 1.165) is 0 Å². The zero-order valence-electron chi connectivity index (χ0n) is 10.9. The van der Waals surface area contributed by atoms with Gasteiger partial charge in [-0.2, -0.15) is 0 Å². The van der Waals surface area contributed by atoms with Crippen LogP contribution in [0.4, 0.5) is 0 Å². The monoisotopic (exact) mass is 228 g/mol. The van der Waals surface area contributed by atoms with Crippen LogP contribution in [0.1, 0.15) is 31.4 Å². The second-order valence-electron chi connectivity index (χ2n) is 5.56. The van der Waals surface area contributed by atoms with E-state index in [2.05, 4.69) is 48.1 Å². The maximum atomic E-state index is 3.39. The first-order valence-electron chi connectivity index (χ1n) is 6.43. The maximum Gasteiger partial charge on any atom is 0.0513 e. The van der Waals surface area contributed by atoms with Gasteiger partial charge in [0.15, 0.2) is 0 Å². The highest BCUT2D eigenvalue weighted by molar-refractivity contribution is 5.85. The third-order valence-electron chi connectivity index (χ3n) is 4.13. The predicted octanol–water partition coefficient (Wildman–Crippen LogP) is 3.04. The van der Waals surface area contributed by atoms with Gasteiger partial charge in [0.2, 0.25) is 0 Å². The summed E-state index contributed by atoms with van der Waals surface area (Å²) in [7, 11) is 2.03. The molecular weight excluding hydrogens is 208 g/mol. The van der Waals surface area contributed by atoms with E-state index in [1.54, 1.807) is 0 Å². The van der Waals surface area contributed by atoms with Crippen molar-refractivity contribution in [3.05, 3.63) is 35.5 Å². The fraction of sp³-hybridized carbons (Fsp3) is 0.467. The number of nitrogens with one attached hydrogen (secondary N) is 1. The molecule has 90 valence electrons. The van der Waals surface area contributed by atoms with Crippen LogP contribution in [-0.4, -0.2) is 11.6 Å². The van der Waals surface area contributed by atoms with E-state index in [4.69, 9.17) is 0 Å². The lowest BCUT2D eigenvalue weighted by atomic mass is 9.90. The molecule has 1 aromatic carbocycles. The molecule has 1 aliphatic heterocycles. The van der Waals surface area contributed by atoms with Gasteiger partial charge in [-0.3, -0.25) is 0 Å². The summed E-state index contributed by atoms with van der Waals surface area (Å²) in [5.41, 5.74) is 4.40. The summed E-state index contributed by atoms with van der Waals surface area (Å²) in [6, 6.07) is 6.96. The van der Waals surface area contributed by atoms with Crippen LogP contribution in [0, 0.1) is 0 Å². The summed E-state index contributed by atoms with van der Waals surface area (Å²) in [6.45, 7) is 5.65. The molecule has 0 radical (unpaired) electrons. The molecule has 1 aromatic heterocycles. The molecule has 0 amide bonds. The molecule has 2 heteroatoms. The smallest absolute Gasteiger partial charge is 0.0513 e. The summed E-state index contributed by atoms with van der Waals surface area (Å²) in [5, 5.41) is 4.78. The predicted molar refractivity (Wildman–Crippen MR) is 72.3 cm³/mol. The van der Waals surface area contributed by atoms with Crippen molar-refractivity contribution in [2.24, 2.45) is 0 Å². The Labute approximate surface area is 103 Å². The van der Waals surface area contributed by atoms with Crippen LogP contribution < -0.4 is 5.32 Å². The normalized spacial score (nSPS) is 15.5. The molecule has 0 unspecified atom stereocenters. The van der Waals surface area contributed by atoms with Gasteiger partial charge in [-0.1, -0.05) is 6.07 Å². The Hall–Kier alpha value is -1.28. The summed E-state index contributed by atoms with van der Waals surface area (Å²) < 4.78 is 2.39. The third kappa shape index (κ3) is 1.59. The Morgan fingerprint density at radius 2 is 2.12 bits per heavy atom. The van der Waals surface area contributed by atoms with E-state index in [1.807, 2.05) is 7.05 Å². The van der Waals surface area contributed by atoms with Crippen LogP contribution in [0.25, 0.3) is 10.9 Å². The van der Waals surface area contributed by atoms with E-state index in [1.165, 1.54) is 41.4 Å². The van der Waals surface area contributed by atoms with Gasteiger partial charge in [0.05, 0.1) is 5.52 Å². The van der Waals surface area contributed by atoms with E-state index >= 15 is 0 Å². The SMILES string of the molecule is CNC(C)(C)c1cc2c3c(ccn3CCC2)c1. The first kappa shape index (κ1) is 10.8. The topological polar surface area (TPSA) is 17.0 Å². The second kappa shape index (κ2) is 3.61. The van der Waals surface area contributed by atoms with Gasteiger partial charge in [-0.25, -0.2) is 0 Å². The molecule has 3 rings (SSSR count). The van der Waals surface area contributed by atoms with E-state index in [0.29, 0.717) is 0 Å². The van der Waals surface area contributed by atoms with Crippen LogP contribution in [0.15, 0.2) is 24.4 Å². The molecule has 2 heterocycles. The molecule has 1 aliphatic rings. The zero-order chi connectivity index (χ0) is 12.0. The van der Waals surface area contributed by atoms with Gasteiger partial charge >= 0.3 is 0 Å². The Bertz CT molecular complexity index is 564. The van der Waals surface area contributed by atoms with Crippen molar-refractivity contribution >= 4 is 10.9 Å². The van der Waals surface area contributed by atoms with E-state index in [-0.39, 0.29) is 5.54 Å². The molecular formula is C15H20N2. The summed E-state index contributed by atoms with van der Waals surface area (Å²) in [6.07, 6.45) is 4.71. The van der Waals surface area contributed by atoms with Crippen molar-refractivity contribution < 1.29 is 0 Å². The van der Waals surface area contributed by atoms with Gasteiger partial charge in [-0.05, 0) is 57.0 Å². The molecule has 0 bridgehead atoms. The quantitative estimate of drug-likeness (QED) is 0.836. The largest absolute Gasteiger partial charge is 0.347 e. The summed E-state index contributed by atoms with van der Waals surface area (Å²) in [5.74, 6) is 0. The number of aromatic nitrogens is 1. The second-order valence-corrected chi connectivity index (χ2v) is 5.56. The highest BCUT2D eigenvalue weighted by atomic mass is 15.0. The zero-order valence-corrected chi connectivity index (χ0v) is 10.9. The average molecular weight is 228 g/mol. The Balaban J connectivity index is 2.25. The van der Waals surface area contributed by atoms with Crippen LogP contribution >= 0.6 is 0 Å². The van der Waals surface area contributed by atoms with Crippen molar-refractivity contribution in [3.63, 3.8) is 0 Å². The molecule has 17 heavy (non-hydrogen) atoms. The molecule has 0 aliphatic carbocycles. The van der Waals surface area contributed by atoms with Crippen molar-refractivity contribution in [3.8, 4) is 0 Å². The molecule has 1 N–H and O–H groups in total. The van der Waals surface area contributed by atoms with E-state index < -0.39 is 0 Å². The van der Waals surface area contributed by atoms with Crippen molar-refractivity contribution in [1.82, 2.24) is 9.88 Å². The molecule has 0 saturated heterocycles. The molecule has 0 saturated carbocycles. The molecule has 0 fully saturated rings. The standard InChI is InChI=1S/C15H20N2/c1-15(2,16-3)13-9-11-5-4-7-17-8-6-12(10-13)14(11)17/h6,8-10,16H,4-5,7H2,1-3H3. The van der Waals surface area contributed by atoms with Gasteiger partial charge in [0, 0.05) is 23.7 Å². The van der Waals surface area contributed by atoms with Crippen LogP contribution in [0.3, 0.4) is 0 Å². The number of hydrogen-bond acceptors (Lipinski definition) is 1. The number of aryl methyl sites for hydroxylation is 2. The van der Waals surface area contributed by atoms with Crippen LogP contribution in [0.2, 0.25) is 0 Å². The Kier molecular flexibility index (Phi) is 2.30. The van der Waals surface area contributed by atoms with Gasteiger partial charge in [0.25, 0.3) is 0 Å². The fourth-order valence-corrected chi connectivity index (χ4v) is 2.76. The minimum atomic E-state index is 0.0459. The average Bonchev–Trinajstić information content (AvgIpc) is 2.75. The number of rotatable bonds is 2. The van der Waals surface area contributed by atoms with Gasteiger partial charge in [-0.15, -0.1) is 0 Å². The third-order valence-corrected chi connectivity index (χ3v) is 4.13. The van der Waals surface area contributed by atoms with Crippen molar-refractivity contribution in [1.29, 1.82) is 0 Å². The minimum absolute atomic E-state index is 0.0459. The lowest BCUT2D eigenvalue weighted by Gasteiger charge is -2.27.